The number of carbonyl (C=O) groups excluding carboxylic acids is 1. The van der Waals surface area contributed by atoms with E-state index in [0.717, 1.165) is 33.5 Å². The van der Waals surface area contributed by atoms with Crippen molar-refractivity contribution in [2.75, 3.05) is 0 Å². The van der Waals surface area contributed by atoms with Crippen LogP contribution in [0.2, 0.25) is 0 Å². The molecule has 2 heteroatoms. The minimum absolute atomic E-state index is 0.0739. The summed E-state index contributed by atoms with van der Waals surface area (Å²) in [4.78, 5) is 16.9. The number of pyridine rings is 1. The predicted molar refractivity (Wildman–Crippen MR) is 93.2 cm³/mol. The third kappa shape index (κ3) is 2.38. The monoisotopic (exact) mass is 297 g/mol. The van der Waals surface area contributed by atoms with Crippen LogP contribution < -0.4 is 0 Å². The minimum Gasteiger partial charge on any atom is -0.289 e. The number of ketones is 1. The van der Waals surface area contributed by atoms with E-state index in [1.807, 2.05) is 73.7 Å². The number of aromatic nitrogens is 1. The smallest absolute Gasteiger partial charge is 0.195 e. The second-order valence-corrected chi connectivity index (χ2v) is 5.78. The van der Waals surface area contributed by atoms with Crippen LogP contribution in [0, 0.1) is 6.92 Å². The molecule has 1 aromatic heterocycles. The predicted octanol–water partition coefficient (Wildman–Crippen LogP) is 4.77. The van der Waals surface area contributed by atoms with Gasteiger partial charge in [0.1, 0.15) is 0 Å². The first-order chi connectivity index (χ1) is 11.2. The summed E-state index contributed by atoms with van der Waals surface area (Å²) in [5.41, 5.74) is 6.55. The summed E-state index contributed by atoms with van der Waals surface area (Å²) in [6, 6.07) is 18.1. The lowest BCUT2D eigenvalue weighted by molar-refractivity contribution is 0.104. The van der Waals surface area contributed by atoms with E-state index in [1.54, 1.807) is 6.20 Å². The third-order valence-corrected chi connectivity index (χ3v) is 4.13. The van der Waals surface area contributed by atoms with E-state index >= 15 is 0 Å². The Bertz CT molecular complexity index is 939. The third-order valence-electron chi connectivity index (χ3n) is 4.13. The average Bonchev–Trinajstić information content (AvgIpc) is 2.86. The number of hydrogen-bond donors (Lipinski definition) is 0. The summed E-state index contributed by atoms with van der Waals surface area (Å²) < 4.78 is 0. The Morgan fingerprint density at radius 1 is 0.826 bits per heavy atom. The second-order valence-electron chi connectivity index (χ2n) is 5.78. The molecule has 0 amide bonds. The molecular formula is C21H15NO. The highest BCUT2D eigenvalue weighted by atomic mass is 16.1. The van der Waals surface area contributed by atoms with Gasteiger partial charge >= 0.3 is 0 Å². The van der Waals surface area contributed by atoms with Crippen LogP contribution in [0.3, 0.4) is 0 Å². The number of aryl methyl sites for hydroxylation is 1. The first-order valence-corrected chi connectivity index (χ1v) is 7.61. The van der Waals surface area contributed by atoms with Crippen molar-refractivity contribution in [3.05, 3.63) is 88.7 Å². The number of carbonyl (C=O) groups is 1. The van der Waals surface area contributed by atoms with Gasteiger partial charge in [0, 0.05) is 17.3 Å². The van der Waals surface area contributed by atoms with Crippen LogP contribution in [0.4, 0.5) is 0 Å². The molecule has 110 valence electrons. The van der Waals surface area contributed by atoms with Crippen LogP contribution in [0.15, 0.2) is 60.8 Å². The van der Waals surface area contributed by atoms with Gasteiger partial charge in [-0.3, -0.25) is 9.78 Å². The van der Waals surface area contributed by atoms with Crippen LogP contribution in [0.5, 0.6) is 0 Å². The molecule has 0 saturated carbocycles. The molecule has 1 heterocycles. The van der Waals surface area contributed by atoms with Crippen LogP contribution in [0.1, 0.15) is 32.7 Å². The van der Waals surface area contributed by atoms with Crippen molar-refractivity contribution in [3.8, 4) is 11.1 Å². The van der Waals surface area contributed by atoms with Crippen LogP contribution >= 0.6 is 0 Å². The molecule has 0 bridgehead atoms. The summed E-state index contributed by atoms with van der Waals surface area (Å²) in [7, 11) is 0. The van der Waals surface area contributed by atoms with Gasteiger partial charge < -0.3 is 0 Å². The lowest BCUT2D eigenvalue weighted by atomic mass is 10.0. The molecule has 3 aromatic rings. The summed E-state index contributed by atoms with van der Waals surface area (Å²) in [5.74, 6) is 0.0739. The molecule has 0 N–H and O–H groups in total. The van der Waals surface area contributed by atoms with Crippen molar-refractivity contribution >= 4 is 17.9 Å². The molecule has 4 rings (SSSR count). The molecule has 0 aliphatic heterocycles. The molecule has 0 fully saturated rings. The van der Waals surface area contributed by atoms with Gasteiger partial charge in [0.15, 0.2) is 5.78 Å². The van der Waals surface area contributed by atoms with Crippen molar-refractivity contribution < 1.29 is 4.79 Å². The van der Waals surface area contributed by atoms with E-state index in [4.69, 9.17) is 0 Å². The fourth-order valence-corrected chi connectivity index (χ4v) is 2.94. The number of nitrogens with zero attached hydrogens (tertiary/aromatic N) is 1. The van der Waals surface area contributed by atoms with Crippen molar-refractivity contribution in [2.24, 2.45) is 0 Å². The van der Waals surface area contributed by atoms with Gasteiger partial charge in [-0.2, -0.15) is 0 Å². The zero-order valence-corrected chi connectivity index (χ0v) is 12.8. The van der Waals surface area contributed by atoms with Gasteiger partial charge in [-0.05, 0) is 41.8 Å². The van der Waals surface area contributed by atoms with Gasteiger partial charge in [-0.25, -0.2) is 0 Å². The van der Waals surface area contributed by atoms with Crippen molar-refractivity contribution in [1.29, 1.82) is 0 Å². The largest absolute Gasteiger partial charge is 0.289 e. The zero-order valence-electron chi connectivity index (χ0n) is 12.8. The minimum atomic E-state index is 0.0739. The number of benzene rings is 2. The van der Waals surface area contributed by atoms with E-state index in [2.05, 4.69) is 4.98 Å². The highest BCUT2D eigenvalue weighted by molar-refractivity contribution is 6.21. The maximum absolute atomic E-state index is 12.5. The molecule has 1 aliphatic carbocycles. The fourth-order valence-electron chi connectivity index (χ4n) is 2.94. The van der Waals surface area contributed by atoms with E-state index in [-0.39, 0.29) is 5.78 Å². The van der Waals surface area contributed by atoms with E-state index in [1.165, 1.54) is 0 Å². The molecule has 0 radical (unpaired) electrons. The maximum Gasteiger partial charge on any atom is 0.195 e. The average molecular weight is 297 g/mol. The highest BCUT2D eigenvalue weighted by Crippen LogP contribution is 2.37. The van der Waals surface area contributed by atoms with Crippen molar-refractivity contribution in [2.45, 2.75) is 6.92 Å². The number of hydrogen-bond acceptors (Lipinski definition) is 2. The Morgan fingerprint density at radius 3 is 2.48 bits per heavy atom. The van der Waals surface area contributed by atoms with Crippen molar-refractivity contribution in [3.63, 3.8) is 0 Å². The molecule has 0 spiro atoms. The second kappa shape index (κ2) is 5.33. The molecule has 2 nitrogen and oxygen atoms in total. The lowest BCUT2D eigenvalue weighted by Gasteiger charge is -2.01. The summed E-state index contributed by atoms with van der Waals surface area (Å²) in [6.45, 7) is 2.00. The van der Waals surface area contributed by atoms with Crippen LogP contribution in [-0.2, 0) is 0 Å². The van der Waals surface area contributed by atoms with E-state index < -0.39 is 0 Å². The van der Waals surface area contributed by atoms with Crippen molar-refractivity contribution in [1.82, 2.24) is 4.98 Å². The summed E-state index contributed by atoms with van der Waals surface area (Å²) >= 11 is 0. The molecule has 0 unspecified atom stereocenters. The molecular weight excluding hydrogens is 282 g/mol. The standard InChI is InChI=1S/C21H15NO/c1-14-7-10-17-18-12-16(9-8-15-5-3-2-4-6-15)22-13-20(18)21(23)19(17)11-14/h2-13H,1H3/b9-8-. The quantitative estimate of drug-likeness (QED) is 0.533. The Hall–Kier alpha value is -3.00. The summed E-state index contributed by atoms with van der Waals surface area (Å²) in [6.07, 6.45) is 5.70. The Balaban J connectivity index is 1.75. The lowest BCUT2D eigenvalue weighted by Crippen LogP contribution is -1.96. The Labute approximate surface area is 135 Å². The molecule has 0 atom stereocenters. The van der Waals surface area contributed by atoms with E-state index in [0.29, 0.717) is 5.56 Å². The van der Waals surface area contributed by atoms with Crippen LogP contribution in [-0.4, -0.2) is 10.8 Å². The van der Waals surface area contributed by atoms with Gasteiger partial charge in [0.05, 0.1) is 5.69 Å². The van der Waals surface area contributed by atoms with Gasteiger partial charge in [-0.1, -0.05) is 54.1 Å². The number of fused-ring (bicyclic) bond motifs is 3. The Kier molecular flexibility index (Phi) is 3.16. The first kappa shape index (κ1) is 13.6. The fraction of sp³-hybridized carbons (Fsp3) is 0.0476. The summed E-state index contributed by atoms with van der Waals surface area (Å²) in [5, 5.41) is 0. The highest BCUT2D eigenvalue weighted by Gasteiger charge is 2.26. The SMILES string of the molecule is Cc1ccc2c(c1)C(=O)c1cnc(/C=C\c3ccccc3)cc1-2. The molecule has 23 heavy (non-hydrogen) atoms. The van der Waals surface area contributed by atoms with Gasteiger partial charge in [-0.15, -0.1) is 0 Å². The van der Waals surface area contributed by atoms with Gasteiger partial charge in [0.25, 0.3) is 0 Å². The Morgan fingerprint density at radius 2 is 1.65 bits per heavy atom. The topological polar surface area (TPSA) is 30.0 Å². The maximum atomic E-state index is 12.5. The first-order valence-electron chi connectivity index (χ1n) is 7.61. The van der Waals surface area contributed by atoms with Gasteiger partial charge in [0.2, 0.25) is 0 Å². The molecule has 0 saturated heterocycles. The van der Waals surface area contributed by atoms with Crippen LogP contribution in [0.25, 0.3) is 23.3 Å². The number of rotatable bonds is 2. The van der Waals surface area contributed by atoms with E-state index in [9.17, 15) is 4.79 Å². The normalized spacial score (nSPS) is 12.5. The molecule has 2 aromatic carbocycles. The molecule has 1 aliphatic rings. The zero-order chi connectivity index (χ0) is 15.8.